The van der Waals surface area contributed by atoms with Gasteiger partial charge in [0.05, 0.1) is 28.8 Å². The van der Waals surface area contributed by atoms with Crippen LogP contribution in [0.15, 0.2) is 35.4 Å². The van der Waals surface area contributed by atoms with E-state index in [1.54, 1.807) is 4.90 Å². The zero-order chi connectivity index (χ0) is 18.2. The molecule has 0 saturated carbocycles. The maximum atomic E-state index is 13.3. The molecule has 2 aromatic rings. The highest BCUT2D eigenvalue weighted by Crippen LogP contribution is 2.32. The summed E-state index contributed by atoms with van der Waals surface area (Å²) in [4.78, 5) is 18.0. The van der Waals surface area contributed by atoms with Gasteiger partial charge in [-0.3, -0.25) is 4.79 Å². The molecule has 1 aromatic heterocycles. The van der Waals surface area contributed by atoms with Gasteiger partial charge in [0.25, 0.3) is 0 Å². The first kappa shape index (κ1) is 18.2. The third-order valence-electron chi connectivity index (χ3n) is 3.64. The maximum Gasteiger partial charge on any atom is 0.578 e. The number of rotatable bonds is 4. The first-order valence-electron chi connectivity index (χ1n) is 7.24. The lowest BCUT2D eigenvalue weighted by atomic mass is 10.1. The molecule has 2 heterocycles. The predicted octanol–water partition coefficient (Wildman–Crippen LogP) is 3.55. The molecule has 0 radical (unpaired) electrons. The van der Waals surface area contributed by atoms with Crippen LogP contribution in [0.5, 0.6) is 0 Å². The van der Waals surface area contributed by atoms with Crippen LogP contribution >= 0.6 is 11.3 Å². The number of aromatic nitrogens is 1. The van der Waals surface area contributed by atoms with E-state index in [1.165, 1.54) is 18.3 Å². The molecule has 3 rings (SSSR count). The molecule has 1 aromatic carbocycles. The van der Waals surface area contributed by atoms with Crippen LogP contribution in [0.2, 0.25) is 0 Å². The van der Waals surface area contributed by atoms with E-state index in [0.29, 0.717) is 18.1 Å². The molecule has 0 aliphatic carbocycles. The van der Waals surface area contributed by atoms with Crippen molar-refractivity contribution in [3.63, 3.8) is 0 Å². The lowest BCUT2D eigenvalue weighted by Gasteiger charge is -2.12. The van der Waals surface area contributed by atoms with Crippen LogP contribution in [0, 0.1) is 0 Å². The van der Waals surface area contributed by atoms with Crippen molar-refractivity contribution >= 4 is 33.4 Å². The SMILES string of the molecule is O=C(c1cccc([S+]([O-])C(F)(F)F)c1)c1cnc(N2CCC(F)C2)s1. The molecular weight excluding hydrogens is 380 g/mol. The number of halogens is 4. The number of hydrogen-bond acceptors (Lipinski definition) is 5. The Morgan fingerprint density at radius 2 is 2.16 bits per heavy atom. The number of carbonyl (C=O) groups is 1. The minimum Gasteiger partial charge on any atom is -0.604 e. The van der Waals surface area contributed by atoms with Crippen molar-refractivity contribution in [2.75, 3.05) is 18.0 Å². The largest absolute Gasteiger partial charge is 0.604 e. The highest BCUT2D eigenvalue weighted by Gasteiger charge is 2.46. The Labute approximate surface area is 147 Å². The number of carbonyl (C=O) groups excluding carboxylic acids is 1. The maximum absolute atomic E-state index is 13.3. The number of nitrogens with zero attached hydrogens (tertiary/aromatic N) is 2. The van der Waals surface area contributed by atoms with Crippen LogP contribution < -0.4 is 4.90 Å². The molecule has 0 amide bonds. The van der Waals surface area contributed by atoms with Crippen LogP contribution in [-0.4, -0.2) is 40.1 Å². The molecule has 4 nitrogen and oxygen atoms in total. The number of alkyl halides is 4. The summed E-state index contributed by atoms with van der Waals surface area (Å²) >= 11 is -2.14. The quantitative estimate of drug-likeness (QED) is 0.454. The normalized spacial score (nSPS) is 19.2. The number of anilines is 1. The fourth-order valence-electron chi connectivity index (χ4n) is 2.44. The molecule has 0 spiro atoms. The second-order valence-electron chi connectivity index (χ2n) is 5.41. The molecule has 0 bridgehead atoms. The van der Waals surface area contributed by atoms with Gasteiger partial charge in [-0.2, -0.15) is 0 Å². The molecule has 2 atom stereocenters. The summed E-state index contributed by atoms with van der Waals surface area (Å²) in [5.74, 6) is -0.513. The van der Waals surface area contributed by atoms with E-state index < -0.39 is 33.5 Å². The summed E-state index contributed by atoms with van der Waals surface area (Å²) in [6, 6.07) is 4.64. The predicted molar refractivity (Wildman–Crippen MR) is 86.2 cm³/mol. The number of ketones is 1. The Morgan fingerprint density at radius 3 is 2.80 bits per heavy atom. The van der Waals surface area contributed by atoms with Crippen LogP contribution in [0.1, 0.15) is 21.7 Å². The van der Waals surface area contributed by atoms with Crippen LogP contribution in [0.25, 0.3) is 0 Å². The van der Waals surface area contributed by atoms with E-state index in [1.807, 2.05) is 0 Å². The standard InChI is InChI=1S/C15H12F4N2O2S2/c16-10-4-5-21(8-10)14-20-7-12(24-14)13(22)9-2-1-3-11(6-9)25(23)15(17,18)19/h1-3,6-7,10H,4-5,8H2. The van der Waals surface area contributed by atoms with Gasteiger partial charge in [-0.15, -0.1) is 13.2 Å². The van der Waals surface area contributed by atoms with E-state index >= 15 is 0 Å². The first-order chi connectivity index (χ1) is 11.8. The van der Waals surface area contributed by atoms with Gasteiger partial charge in [0.15, 0.2) is 10.0 Å². The van der Waals surface area contributed by atoms with Gasteiger partial charge in [-0.25, -0.2) is 9.37 Å². The molecule has 1 saturated heterocycles. The fourth-order valence-corrected chi connectivity index (χ4v) is 4.05. The second kappa shape index (κ2) is 6.93. The molecule has 2 unspecified atom stereocenters. The van der Waals surface area contributed by atoms with Crippen molar-refractivity contribution < 1.29 is 26.9 Å². The Bertz CT molecular complexity index is 781. The molecule has 1 aliphatic heterocycles. The van der Waals surface area contributed by atoms with E-state index in [2.05, 4.69) is 4.98 Å². The lowest BCUT2D eigenvalue weighted by Crippen LogP contribution is -2.23. The van der Waals surface area contributed by atoms with Gasteiger partial charge in [-0.1, -0.05) is 23.5 Å². The van der Waals surface area contributed by atoms with Crippen LogP contribution in [0.3, 0.4) is 0 Å². The Balaban J connectivity index is 1.81. The zero-order valence-corrected chi connectivity index (χ0v) is 14.3. The first-order valence-corrected chi connectivity index (χ1v) is 9.20. The molecule has 0 N–H and O–H groups in total. The Kier molecular flexibility index (Phi) is 5.03. The summed E-state index contributed by atoms with van der Waals surface area (Å²) in [5.41, 5.74) is -4.90. The minimum atomic E-state index is -4.89. The monoisotopic (exact) mass is 392 g/mol. The molecule has 1 aliphatic rings. The van der Waals surface area contributed by atoms with Gasteiger partial charge in [0, 0.05) is 18.2 Å². The molecular formula is C15H12F4N2O2S2. The van der Waals surface area contributed by atoms with Gasteiger partial charge in [0.1, 0.15) is 6.17 Å². The van der Waals surface area contributed by atoms with Crippen molar-refractivity contribution in [2.45, 2.75) is 23.0 Å². The van der Waals surface area contributed by atoms with Crippen LogP contribution in [-0.2, 0) is 11.2 Å². The van der Waals surface area contributed by atoms with E-state index in [-0.39, 0.29) is 17.0 Å². The van der Waals surface area contributed by atoms with E-state index in [9.17, 15) is 26.9 Å². The summed E-state index contributed by atoms with van der Waals surface area (Å²) < 4.78 is 62.4. The van der Waals surface area contributed by atoms with Crippen molar-refractivity contribution in [1.82, 2.24) is 4.98 Å². The summed E-state index contributed by atoms with van der Waals surface area (Å²) in [5, 5.41) is 0.499. The molecule has 10 heteroatoms. The fraction of sp³-hybridized carbons (Fsp3) is 0.333. The highest BCUT2D eigenvalue weighted by atomic mass is 32.2. The molecule has 25 heavy (non-hydrogen) atoms. The van der Waals surface area contributed by atoms with E-state index in [4.69, 9.17) is 0 Å². The number of benzene rings is 1. The Hall–Kier alpha value is -1.65. The lowest BCUT2D eigenvalue weighted by molar-refractivity contribution is -0.0435. The summed E-state index contributed by atoms with van der Waals surface area (Å²) in [6.45, 7) is 0.712. The number of thiazole rings is 1. The van der Waals surface area contributed by atoms with Gasteiger partial charge >= 0.3 is 5.51 Å². The highest BCUT2D eigenvalue weighted by molar-refractivity contribution is 7.92. The summed E-state index contributed by atoms with van der Waals surface area (Å²) in [6.07, 6.45) is 0.784. The van der Waals surface area contributed by atoms with Crippen molar-refractivity contribution in [3.05, 3.63) is 40.9 Å². The Morgan fingerprint density at radius 1 is 1.40 bits per heavy atom. The molecule has 134 valence electrons. The average molecular weight is 392 g/mol. The van der Waals surface area contributed by atoms with Gasteiger partial charge < -0.3 is 9.45 Å². The average Bonchev–Trinajstić information content (AvgIpc) is 3.21. The third kappa shape index (κ3) is 3.96. The second-order valence-corrected chi connectivity index (χ2v) is 7.89. The summed E-state index contributed by atoms with van der Waals surface area (Å²) in [7, 11) is 0. The van der Waals surface area contributed by atoms with Gasteiger partial charge in [-0.05, 0) is 12.5 Å². The van der Waals surface area contributed by atoms with Crippen LogP contribution in [0.4, 0.5) is 22.7 Å². The third-order valence-corrected chi connectivity index (χ3v) is 5.80. The minimum absolute atomic E-state index is 0.00455. The number of hydrogen-bond donors (Lipinski definition) is 0. The van der Waals surface area contributed by atoms with Crippen molar-refractivity contribution in [2.24, 2.45) is 0 Å². The zero-order valence-electron chi connectivity index (χ0n) is 12.6. The van der Waals surface area contributed by atoms with Crippen molar-refractivity contribution in [1.29, 1.82) is 0 Å². The van der Waals surface area contributed by atoms with E-state index in [0.717, 1.165) is 23.5 Å². The smallest absolute Gasteiger partial charge is 0.578 e. The molecule has 1 fully saturated rings. The topological polar surface area (TPSA) is 56.3 Å². The van der Waals surface area contributed by atoms with Gasteiger partial charge in [0.2, 0.25) is 5.78 Å². The van der Waals surface area contributed by atoms with Crippen molar-refractivity contribution in [3.8, 4) is 0 Å².